The number of aryl methyl sites for hydroxylation is 1. The van der Waals surface area contributed by atoms with Gasteiger partial charge in [0.2, 0.25) is 11.8 Å². The Hall–Kier alpha value is -1.45. The van der Waals surface area contributed by atoms with Crippen LogP contribution in [0.1, 0.15) is 11.3 Å². The first kappa shape index (κ1) is 18.3. The third kappa shape index (κ3) is 4.04. The molecule has 0 aliphatic carbocycles. The summed E-state index contributed by atoms with van der Waals surface area (Å²) in [7, 11) is -1.83. The molecule has 3 heterocycles. The van der Waals surface area contributed by atoms with Crippen LogP contribution in [-0.2, 0) is 30.6 Å². The fourth-order valence-electron chi connectivity index (χ4n) is 3.61. The minimum atomic E-state index is -3.26. The molecule has 25 heavy (non-hydrogen) atoms. The Bertz CT molecular complexity index is 732. The van der Waals surface area contributed by atoms with Gasteiger partial charge in [-0.15, -0.1) is 11.3 Å². The molecule has 0 unspecified atom stereocenters. The van der Waals surface area contributed by atoms with E-state index in [0.29, 0.717) is 25.9 Å². The number of thiophene rings is 1. The van der Waals surface area contributed by atoms with Gasteiger partial charge in [-0.05, 0) is 17.9 Å². The highest BCUT2D eigenvalue weighted by atomic mass is 32.2. The number of hydrogen-bond acceptors (Lipinski definition) is 6. The summed E-state index contributed by atoms with van der Waals surface area (Å²) in [6.07, 6.45) is 1.01. The number of ether oxygens (including phenoxy) is 1. The van der Waals surface area contributed by atoms with Gasteiger partial charge in [-0.2, -0.15) is 0 Å². The maximum absolute atomic E-state index is 12.7. The summed E-state index contributed by atoms with van der Waals surface area (Å²) < 4.78 is 29.2. The van der Waals surface area contributed by atoms with Crippen LogP contribution < -0.4 is 0 Å². The van der Waals surface area contributed by atoms with Crippen molar-refractivity contribution < 1.29 is 22.7 Å². The number of carbonyl (C=O) groups is 2. The molecule has 2 atom stereocenters. The zero-order valence-corrected chi connectivity index (χ0v) is 15.7. The molecule has 0 N–H and O–H groups in total. The van der Waals surface area contributed by atoms with E-state index in [1.54, 1.807) is 21.1 Å². The monoisotopic (exact) mass is 386 g/mol. The lowest BCUT2D eigenvalue weighted by atomic mass is 10.0. The van der Waals surface area contributed by atoms with Crippen LogP contribution in [-0.4, -0.2) is 80.4 Å². The molecule has 1 aromatic rings. The molecule has 0 saturated carbocycles. The molecule has 0 spiro atoms. The third-order valence-electron chi connectivity index (χ3n) is 4.75. The van der Waals surface area contributed by atoms with Crippen molar-refractivity contribution >= 4 is 33.0 Å². The second-order valence-corrected chi connectivity index (χ2v) is 9.58. The Morgan fingerprint density at radius 1 is 1.20 bits per heavy atom. The summed E-state index contributed by atoms with van der Waals surface area (Å²) >= 11 is 1.61. The number of methoxy groups -OCH3 is 1. The van der Waals surface area contributed by atoms with Crippen LogP contribution in [0.4, 0.5) is 0 Å². The molecule has 2 aliphatic rings. The van der Waals surface area contributed by atoms with Crippen LogP contribution in [0.5, 0.6) is 0 Å². The number of amides is 2. The SMILES string of the molecule is COCC(=O)N1CCN(C(=O)CCc2cccs2)[C@H]2CS(=O)(=O)C[C@H]21. The fraction of sp³-hybridized carbons (Fsp3) is 0.625. The predicted octanol–water partition coefficient (Wildman–Crippen LogP) is 0.164. The Kier molecular flexibility index (Phi) is 5.45. The Morgan fingerprint density at radius 2 is 1.84 bits per heavy atom. The molecule has 1 aromatic heterocycles. The summed E-state index contributed by atoms with van der Waals surface area (Å²) in [5.74, 6) is -0.416. The number of fused-ring (bicyclic) bond motifs is 1. The van der Waals surface area contributed by atoms with E-state index < -0.39 is 21.9 Å². The summed E-state index contributed by atoms with van der Waals surface area (Å²) in [4.78, 5) is 29.2. The van der Waals surface area contributed by atoms with Gasteiger partial charge >= 0.3 is 0 Å². The van der Waals surface area contributed by atoms with Crippen molar-refractivity contribution in [1.82, 2.24) is 9.80 Å². The van der Waals surface area contributed by atoms with Gasteiger partial charge in [-0.1, -0.05) is 6.07 Å². The predicted molar refractivity (Wildman–Crippen MR) is 94.2 cm³/mol. The van der Waals surface area contributed by atoms with Crippen LogP contribution in [0.2, 0.25) is 0 Å². The first-order chi connectivity index (χ1) is 11.9. The lowest BCUT2D eigenvalue weighted by molar-refractivity contribution is -0.147. The summed E-state index contributed by atoms with van der Waals surface area (Å²) in [5, 5.41) is 1.97. The van der Waals surface area contributed by atoms with E-state index in [1.807, 2.05) is 17.5 Å². The summed E-state index contributed by atoms with van der Waals surface area (Å²) in [6, 6.07) is 3.02. The highest BCUT2D eigenvalue weighted by Gasteiger charge is 2.49. The number of rotatable bonds is 5. The van der Waals surface area contributed by atoms with E-state index in [-0.39, 0.29) is 29.9 Å². The molecule has 2 amide bonds. The van der Waals surface area contributed by atoms with Gasteiger partial charge in [0.15, 0.2) is 9.84 Å². The molecule has 7 nitrogen and oxygen atoms in total. The zero-order valence-electron chi connectivity index (χ0n) is 14.1. The number of carbonyl (C=O) groups excluding carboxylic acids is 2. The van der Waals surface area contributed by atoms with Crippen LogP contribution in [0.25, 0.3) is 0 Å². The lowest BCUT2D eigenvalue weighted by Crippen LogP contribution is -2.62. The Morgan fingerprint density at radius 3 is 2.40 bits per heavy atom. The molecule has 2 saturated heterocycles. The number of nitrogens with zero attached hydrogens (tertiary/aromatic N) is 2. The minimum Gasteiger partial charge on any atom is -0.375 e. The van der Waals surface area contributed by atoms with Crippen LogP contribution in [0.3, 0.4) is 0 Å². The smallest absolute Gasteiger partial charge is 0.248 e. The van der Waals surface area contributed by atoms with Gasteiger partial charge in [0, 0.05) is 31.5 Å². The lowest BCUT2D eigenvalue weighted by Gasteiger charge is -2.43. The summed E-state index contributed by atoms with van der Waals surface area (Å²) in [5.41, 5.74) is 0. The average molecular weight is 386 g/mol. The molecule has 2 fully saturated rings. The quantitative estimate of drug-likeness (QED) is 0.720. The first-order valence-corrected chi connectivity index (χ1v) is 10.9. The number of piperazine rings is 1. The van der Waals surface area contributed by atoms with Gasteiger partial charge in [0.05, 0.1) is 23.6 Å². The first-order valence-electron chi connectivity index (χ1n) is 8.22. The van der Waals surface area contributed by atoms with E-state index in [2.05, 4.69) is 0 Å². The summed E-state index contributed by atoms with van der Waals surface area (Å²) in [6.45, 7) is 0.647. The number of hydrogen-bond donors (Lipinski definition) is 0. The number of sulfone groups is 1. The second kappa shape index (κ2) is 7.43. The average Bonchev–Trinajstić information content (AvgIpc) is 3.17. The molecular weight excluding hydrogens is 364 g/mol. The van der Waals surface area contributed by atoms with Gasteiger partial charge in [-0.25, -0.2) is 8.42 Å². The largest absolute Gasteiger partial charge is 0.375 e. The third-order valence-corrected chi connectivity index (χ3v) is 7.38. The van der Waals surface area contributed by atoms with Crippen molar-refractivity contribution in [3.05, 3.63) is 22.4 Å². The topological polar surface area (TPSA) is 84.0 Å². The van der Waals surface area contributed by atoms with E-state index in [4.69, 9.17) is 4.74 Å². The highest BCUT2D eigenvalue weighted by molar-refractivity contribution is 7.91. The van der Waals surface area contributed by atoms with Crippen molar-refractivity contribution in [2.24, 2.45) is 0 Å². The maximum Gasteiger partial charge on any atom is 0.248 e. The Balaban J connectivity index is 1.71. The maximum atomic E-state index is 12.7. The van der Waals surface area contributed by atoms with Crippen LogP contribution >= 0.6 is 11.3 Å². The molecule has 9 heteroatoms. The molecule has 0 bridgehead atoms. The van der Waals surface area contributed by atoms with Gasteiger partial charge in [0.1, 0.15) is 6.61 Å². The molecule has 2 aliphatic heterocycles. The van der Waals surface area contributed by atoms with E-state index in [1.165, 1.54) is 7.11 Å². The van der Waals surface area contributed by atoms with Gasteiger partial charge in [0.25, 0.3) is 0 Å². The second-order valence-electron chi connectivity index (χ2n) is 6.40. The molecule has 138 valence electrons. The molecule has 0 aromatic carbocycles. The Labute approximate surface area is 151 Å². The van der Waals surface area contributed by atoms with Crippen molar-refractivity contribution in [1.29, 1.82) is 0 Å². The normalized spacial score (nSPS) is 25.0. The standard InChI is InChI=1S/C16H22N2O5S2/c1-23-9-16(20)18-7-6-17(13-10-25(21,22)11-14(13)18)15(19)5-4-12-3-2-8-24-12/h2-3,8,13-14H,4-7,9-11H2,1H3/t13-,14+/m0/s1. The van der Waals surface area contributed by atoms with E-state index >= 15 is 0 Å². The van der Waals surface area contributed by atoms with Crippen molar-refractivity contribution in [3.63, 3.8) is 0 Å². The fourth-order valence-corrected chi connectivity index (χ4v) is 6.30. The highest BCUT2D eigenvalue weighted by Crippen LogP contribution is 2.28. The van der Waals surface area contributed by atoms with E-state index in [9.17, 15) is 18.0 Å². The van der Waals surface area contributed by atoms with Crippen LogP contribution in [0, 0.1) is 0 Å². The van der Waals surface area contributed by atoms with Crippen molar-refractivity contribution in [2.45, 2.75) is 24.9 Å². The minimum absolute atomic E-state index is 0.0423. The van der Waals surface area contributed by atoms with Crippen LogP contribution in [0.15, 0.2) is 17.5 Å². The van der Waals surface area contributed by atoms with Crippen molar-refractivity contribution in [3.8, 4) is 0 Å². The molecule has 0 radical (unpaired) electrons. The zero-order chi connectivity index (χ0) is 18.0. The molecular formula is C16H22N2O5S2. The van der Waals surface area contributed by atoms with Gasteiger partial charge in [-0.3, -0.25) is 9.59 Å². The van der Waals surface area contributed by atoms with Crippen molar-refractivity contribution in [2.75, 3.05) is 38.3 Å². The molecule has 3 rings (SSSR count). The van der Waals surface area contributed by atoms with E-state index in [0.717, 1.165) is 4.88 Å². The van der Waals surface area contributed by atoms with Gasteiger partial charge < -0.3 is 14.5 Å².